The number of carbonyl (C=O) groups excluding carboxylic acids is 2. The number of hydrogen-bond acceptors (Lipinski definition) is 6. The largest absolute Gasteiger partial charge is 0.449 e. The number of esters is 1. The van der Waals surface area contributed by atoms with Crippen molar-refractivity contribution in [2.75, 3.05) is 0 Å². The van der Waals surface area contributed by atoms with E-state index < -0.39 is 12.1 Å². The SMILES string of the molecule is Cc1noc(C(C)OC(=O)c2ccccc2C(=O)c2ccc(Br)cc2)n1. The number of aromatic nitrogens is 2. The summed E-state index contributed by atoms with van der Waals surface area (Å²) in [7, 11) is 0. The number of benzene rings is 2. The summed E-state index contributed by atoms with van der Waals surface area (Å²) >= 11 is 3.33. The minimum Gasteiger partial charge on any atom is -0.449 e. The summed E-state index contributed by atoms with van der Waals surface area (Å²) in [5.74, 6) is -0.234. The second-order valence-electron chi connectivity index (χ2n) is 5.61. The monoisotopic (exact) mass is 414 g/mol. The zero-order chi connectivity index (χ0) is 18.7. The van der Waals surface area contributed by atoms with Gasteiger partial charge in [0.2, 0.25) is 0 Å². The summed E-state index contributed by atoms with van der Waals surface area (Å²) in [6.45, 7) is 3.30. The first-order chi connectivity index (χ1) is 12.5. The van der Waals surface area contributed by atoms with Gasteiger partial charge in [0.15, 0.2) is 17.7 Å². The van der Waals surface area contributed by atoms with Crippen LogP contribution in [-0.2, 0) is 4.74 Å². The predicted octanol–water partition coefficient (Wildman–Crippen LogP) is 4.29. The molecule has 0 N–H and O–H groups in total. The van der Waals surface area contributed by atoms with Crippen molar-refractivity contribution in [3.05, 3.63) is 81.4 Å². The normalized spacial score (nSPS) is 11.8. The molecule has 3 aromatic rings. The van der Waals surface area contributed by atoms with Crippen LogP contribution in [0, 0.1) is 6.92 Å². The third-order valence-corrected chi connectivity index (χ3v) is 4.20. The summed E-state index contributed by atoms with van der Waals surface area (Å²) in [5.41, 5.74) is 0.936. The van der Waals surface area contributed by atoms with Gasteiger partial charge in [0.1, 0.15) is 0 Å². The van der Waals surface area contributed by atoms with E-state index in [1.165, 1.54) is 0 Å². The summed E-state index contributed by atoms with van der Waals surface area (Å²) < 4.78 is 11.3. The molecule has 0 saturated carbocycles. The zero-order valence-electron chi connectivity index (χ0n) is 14.1. The topological polar surface area (TPSA) is 82.3 Å². The fourth-order valence-corrected chi connectivity index (χ4v) is 2.63. The molecule has 6 nitrogen and oxygen atoms in total. The first-order valence-corrected chi connectivity index (χ1v) is 8.65. The maximum atomic E-state index is 12.8. The molecule has 26 heavy (non-hydrogen) atoms. The Morgan fingerprint density at radius 2 is 1.73 bits per heavy atom. The Kier molecular flexibility index (Phi) is 5.27. The fraction of sp³-hybridized carbons (Fsp3) is 0.158. The van der Waals surface area contributed by atoms with Crippen molar-refractivity contribution in [1.82, 2.24) is 10.1 Å². The number of ether oxygens (including phenoxy) is 1. The Hall–Kier alpha value is -2.80. The van der Waals surface area contributed by atoms with E-state index in [0.717, 1.165) is 4.47 Å². The van der Waals surface area contributed by atoms with Crippen LogP contribution in [0.25, 0.3) is 0 Å². The first-order valence-electron chi connectivity index (χ1n) is 7.86. The molecule has 0 amide bonds. The molecule has 0 saturated heterocycles. The number of ketones is 1. The number of rotatable bonds is 5. The minimum absolute atomic E-state index is 0.184. The van der Waals surface area contributed by atoms with Crippen LogP contribution in [0.2, 0.25) is 0 Å². The molecule has 0 radical (unpaired) electrons. The summed E-state index contributed by atoms with van der Waals surface area (Å²) in [6.07, 6.45) is -0.723. The second kappa shape index (κ2) is 7.61. The van der Waals surface area contributed by atoms with E-state index in [9.17, 15) is 9.59 Å². The van der Waals surface area contributed by atoms with E-state index in [0.29, 0.717) is 11.4 Å². The van der Waals surface area contributed by atoms with E-state index in [4.69, 9.17) is 9.26 Å². The smallest absolute Gasteiger partial charge is 0.339 e. The Morgan fingerprint density at radius 1 is 1.08 bits per heavy atom. The third-order valence-electron chi connectivity index (χ3n) is 3.67. The summed E-state index contributed by atoms with van der Waals surface area (Å²) in [6, 6.07) is 13.5. The third kappa shape index (κ3) is 3.88. The van der Waals surface area contributed by atoms with E-state index in [2.05, 4.69) is 26.1 Å². The molecule has 1 unspecified atom stereocenters. The van der Waals surface area contributed by atoms with Gasteiger partial charge < -0.3 is 9.26 Å². The molecule has 1 heterocycles. The lowest BCUT2D eigenvalue weighted by molar-refractivity contribution is 0.0263. The molecule has 0 aliphatic carbocycles. The van der Waals surface area contributed by atoms with Crippen LogP contribution in [0.4, 0.5) is 0 Å². The average Bonchev–Trinajstić information content (AvgIpc) is 3.08. The lowest BCUT2D eigenvalue weighted by atomic mass is 9.98. The highest BCUT2D eigenvalue weighted by molar-refractivity contribution is 9.10. The van der Waals surface area contributed by atoms with Crippen LogP contribution in [0.3, 0.4) is 0 Å². The molecule has 3 rings (SSSR count). The van der Waals surface area contributed by atoms with Crippen molar-refractivity contribution < 1.29 is 18.8 Å². The number of nitrogens with zero attached hydrogens (tertiary/aromatic N) is 2. The molecule has 1 aromatic heterocycles. The van der Waals surface area contributed by atoms with Gasteiger partial charge in [-0.2, -0.15) is 4.98 Å². The summed E-state index contributed by atoms with van der Waals surface area (Å²) in [4.78, 5) is 29.4. The van der Waals surface area contributed by atoms with Crippen LogP contribution in [0.1, 0.15) is 51.0 Å². The van der Waals surface area contributed by atoms with Gasteiger partial charge in [-0.3, -0.25) is 4.79 Å². The molecule has 0 aliphatic heterocycles. The zero-order valence-corrected chi connectivity index (χ0v) is 15.7. The molecule has 132 valence electrons. The number of carbonyl (C=O) groups is 2. The molecule has 2 aromatic carbocycles. The summed E-state index contributed by atoms with van der Waals surface area (Å²) in [5, 5.41) is 3.67. The molecule has 1 atom stereocenters. The van der Waals surface area contributed by atoms with Crippen molar-refractivity contribution in [2.45, 2.75) is 20.0 Å². The number of aryl methyl sites for hydroxylation is 1. The Morgan fingerprint density at radius 3 is 2.35 bits per heavy atom. The molecule has 0 spiro atoms. The van der Waals surface area contributed by atoms with Crippen LogP contribution < -0.4 is 0 Å². The Balaban J connectivity index is 1.85. The van der Waals surface area contributed by atoms with Gasteiger partial charge in [0.05, 0.1) is 5.56 Å². The van der Waals surface area contributed by atoms with E-state index >= 15 is 0 Å². The lowest BCUT2D eigenvalue weighted by Crippen LogP contribution is -2.14. The van der Waals surface area contributed by atoms with Crippen LogP contribution in [0.15, 0.2) is 57.5 Å². The van der Waals surface area contributed by atoms with Crippen molar-refractivity contribution in [2.24, 2.45) is 0 Å². The molecule has 0 aliphatic rings. The van der Waals surface area contributed by atoms with Gasteiger partial charge >= 0.3 is 5.97 Å². The standard InChI is InChI=1S/C19H15BrN2O4/c1-11(18-21-12(2)22-26-18)25-19(24)16-6-4-3-5-15(16)17(23)13-7-9-14(20)10-8-13/h3-11H,1-2H3. The van der Waals surface area contributed by atoms with Gasteiger partial charge in [-0.1, -0.05) is 39.3 Å². The Bertz CT molecular complexity index is 950. The van der Waals surface area contributed by atoms with Crippen LogP contribution in [-0.4, -0.2) is 21.9 Å². The van der Waals surface area contributed by atoms with Crippen molar-refractivity contribution in [1.29, 1.82) is 0 Å². The van der Waals surface area contributed by atoms with E-state index in [-0.39, 0.29) is 22.8 Å². The number of hydrogen-bond donors (Lipinski definition) is 0. The molecule has 7 heteroatoms. The van der Waals surface area contributed by atoms with E-state index in [1.54, 1.807) is 62.4 Å². The van der Waals surface area contributed by atoms with E-state index in [1.807, 2.05) is 0 Å². The van der Waals surface area contributed by atoms with Crippen LogP contribution >= 0.6 is 15.9 Å². The van der Waals surface area contributed by atoms with Gasteiger partial charge in [-0.25, -0.2) is 4.79 Å². The highest BCUT2D eigenvalue weighted by Gasteiger charge is 2.23. The molecule has 0 fully saturated rings. The van der Waals surface area contributed by atoms with Crippen molar-refractivity contribution in [3.8, 4) is 0 Å². The number of halogens is 1. The fourth-order valence-electron chi connectivity index (χ4n) is 2.37. The van der Waals surface area contributed by atoms with Gasteiger partial charge in [-0.05, 0) is 44.2 Å². The molecular formula is C19H15BrN2O4. The highest BCUT2D eigenvalue weighted by Crippen LogP contribution is 2.21. The maximum Gasteiger partial charge on any atom is 0.339 e. The molecular weight excluding hydrogens is 400 g/mol. The van der Waals surface area contributed by atoms with Crippen LogP contribution in [0.5, 0.6) is 0 Å². The van der Waals surface area contributed by atoms with Gasteiger partial charge in [0, 0.05) is 15.6 Å². The van der Waals surface area contributed by atoms with Crippen molar-refractivity contribution >= 4 is 27.7 Å². The maximum absolute atomic E-state index is 12.8. The quantitative estimate of drug-likeness (QED) is 0.457. The molecule has 0 bridgehead atoms. The van der Waals surface area contributed by atoms with Crippen molar-refractivity contribution in [3.63, 3.8) is 0 Å². The first kappa shape index (κ1) is 18.0. The Labute approximate surface area is 158 Å². The van der Waals surface area contributed by atoms with Gasteiger partial charge in [-0.15, -0.1) is 0 Å². The lowest BCUT2D eigenvalue weighted by Gasteiger charge is -2.12. The minimum atomic E-state index is -0.723. The predicted molar refractivity (Wildman–Crippen MR) is 96.9 cm³/mol. The highest BCUT2D eigenvalue weighted by atomic mass is 79.9. The van der Waals surface area contributed by atoms with Gasteiger partial charge in [0.25, 0.3) is 5.89 Å². The average molecular weight is 415 g/mol. The second-order valence-corrected chi connectivity index (χ2v) is 6.52.